The molecule has 0 radical (unpaired) electrons. The third kappa shape index (κ3) is 3.92. The Morgan fingerprint density at radius 1 is 0.833 bits per heavy atom. The van der Waals surface area contributed by atoms with E-state index >= 15 is 0 Å². The molecular weight excluding hydrogens is 458 g/mol. The van der Waals surface area contributed by atoms with Crippen LogP contribution in [0.15, 0.2) is 85.5 Å². The van der Waals surface area contributed by atoms with Gasteiger partial charge >= 0.3 is 0 Å². The number of H-pyrrole nitrogens is 1. The molecule has 6 aromatic rings. The minimum Gasteiger partial charge on any atom is -0.362 e. The van der Waals surface area contributed by atoms with Crippen molar-refractivity contribution in [3.05, 3.63) is 103 Å². The maximum Gasteiger partial charge on any atom is 0.182 e. The second-order valence-electron chi connectivity index (χ2n) is 8.51. The van der Waals surface area contributed by atoms with Gasteiger partial charge in [0.15, 0.2) is 11.5 Å². The van der Waals surface area contributed by atoms with Crippen molar-refractivity contribution in [3.8, 4) is 22.4 Å². The van der Waals surface area contributed by atoms with Crippen molar-refractivity contribution in [3.63, 3.8) is 0 Å². The maximum absolute atomic E-state index is 14.3. The van der Waals surface area contributed by atoms with Gasteiger partial charge in [0.2, 0.25) is 0 Å². The zero-order valence-electron chi connectivity index (χ0n) is 19.2. The number of rotatable bonds is 5. The molecule has 0 saturated carbocycles. The van der Waals surface area contributed by atoms with Gasteiger partial charge in [-0.1, -0.05) is 42.5 Å². The summed E-state index contributed by atoms with van der Waals surface area (Å²) in [5.41, 5.74) is 5.60. The number of aromatic amines is 1. The number of hydrogen-bond donors (Lipinski definition) is 2. The minimum absolute atomic E-state index is 0.251. The Morgan fingerprint density at radius 2 is 1.58 bits per heavy atom. The van der Waals surface area contributed by atoms with Crippen LogP contribution in [0.5, 0.6) is 0 Å². The van der Waals surface area contributed by atoms with E-state index in [1.165, 1.54) is 30.6 Å². The Kier molecular flexibility index (Phi) is 5.33. The van der Waals surface area contributed by atoms with Crippen molar-refractivity contribution in [1.29, 1.82) is 0 Å². The molecule has 0 aliphatic rings. The van der Waals surface area contributed by atoms with Crippen molar-refractivity contribution in [2.75, 3.05) is 5.32 Å². The van der Waals surface area contributed by atoms with Crippen LogP contribution in [0.1, 0.15) is 18.5 Å². The number of imidazole rings is 1. The van der Waals surface area contributed by atoms with Crippen molar-refractivity contribution < 1.29 is 8.78 Å². The summed E-state index contributed by atoms with van der Waals surface area (Å²) in [5.74, 6) is -0.0718. The standard InChI is InChI=1S/C28H20F2N6/c1-16(35-28-26-27(32-14-31-26)33-15-34-28)23-13-19-7-4-10-22(17-5-2-8-20(29)11-17)24(19)36-25(23)18-6-3-9-21(30)12-18/h2-16H,1H3,(H2,31,32,33,34,35)/t16-/m0/s1. The predicted octanol–water partition coefficient (Wildman–Crippen LogP) is 6.69. The third-order valence-corrected chi connectivity index (χ3v) is 6.15. The fraction of sp³-hybridized carbons (Fsp3) is 0.0714. The summed E-state index contributed by atoms with van der Waals surface area (Å²) >= 11 is 0. The van der Waals surface area contributed by atoms with E-state index < -0.39 is 0 Å². The molecule has 176 valence electrons. The first kappa shape index (κ1) is 21.8. The lowest BCUT2D eigenvalue weighted by atomic mass is 9.95. The van der Waals surface area contributed by atoms with Crippen LogP contribution >= 0.6 is 0 Å². The first-order chi connectivity index (χ1) is 17.6. The number of anilines is 1. The molecule has 0 spiro atoms. The molecule has 6 nitrogen and oxygen atoms in total. The maximum atomic E-state index is 14.3. The van der Waals surface area contributed by atoms with E-state index in [0.717, 1.165) is 22.1 Å². The van der Waals surface area contributed by atoms with Crippen LogP contribution in [0.25, 0.3) is 44.5 Å². The second kappa shape index (κ2) is 8.81. The molecule has 1 atom stereocenters. The lowest BCUT2D eigenvalue weighted by Crippen LogP contribution is -2.11. The van der Waals surface area contributed by atoms with Gasteiger partial charge in [-0.15, -0.1) is 0 Å². The number of para-hydroxylation sites is 1. The van der Waals surface area contributed by atoms with Crippen LogP contribution < -0.4 is 5.32 Å². The molecule has 3 aromatic carbocycles. The lowest BCUT2D eigenvalue weighted by Gasteiger charge is -2.20. The summed E-state index contributed by atoms with van der Waals surface area (Å²) in [6.07, 6.45) is 3.02. The first-order valence-corrected chi connectivity index (χ1v) is 11.4. The van der Waals surface area contributed by atoms with Gasteiger partial charge in [0.1, 0.15) is 23.5 Å². The number of halogens is 2. The first-order valence-electron chi connectivity index (χ1n) is 11.4. The van der Waals surface area contributed by atoms with Gasteiger partial charge in [0.25, 0.3) is 0 Å². The fourth-order valence-corrected chi connectivity index (χ4v) is 4.46. The number of benzene rings is 3. The van der Waals surface area contributed by atoms with E-state index in [2.05, 4.69) is 25.3 Å². The molecule has 8 heteroatoms. The second-order valence-corrected chi connectivity index (χ2v) is 8.51. The lowest BCUT2D eigenvalue weighted by molar-refractivity contribution is 0.628. The summed E-state index contributed by atoms with van der Waals surface area (Å²) < 4.78 is 28.3. The Bertz CT molecular complexity index is 1730. The zero-order valence-corrected chi connectivity index (χ0v) is 19.2. The van der Waals surface area contributed by atoms with E-state index in [0.29, 0.717) is 33.8 Å². The number of nitrogens with one attached hydrogen (secondary N) is 2. The highest BCUT2D eigenvalue weighted by molar-refractivity contribution is 5.96. The van der Waals surface area contributed by atoms with Crippen molar-refractivity contribution in [2.45, 2.75) is 13.0 Å². The van der Waals surface area contributed by atoms with Gasteiger partial charge in [0, 0.05) is 22.1 Å². The molecule has 2 N–H and O–H groups in total. The van der Waals surface area contributed by atoms with E-state index in [1.807, 2.05) is 43.3 Å². The summed E-state index contributed by atoms with van der Waals surface area (Å²) in [6, 6.07) is 20.4. The topological polar surface area (TPSA) is 79.4 Å². The smallest absolute Gasteiger partial charge is 0.182 e. The summed E-state index contributed by atoms with van der Waals surface area (Å²) in [6.45, 7) is 1.99. The SMILES string of the molecule is C[C@H](Nc1ncnc2nc[nH]c12)c1cc2cccc(-c3cccc(F)c3)c2nc1-c1cccc(F)c1. The number of hydrogen-bond acceptors (Lipinski definition) is 5. The Balaban J connectivity index is 1.54. The van der Waals surface area contributed by atoms with Crippen LogP contribution in [0.2, 0.25) is 0 Å². The fourth-order valence-electron chi connectivity index (χ4n) is 4.46. The molecule has 0 fully saturated rings. The molecule has 0 unspecified atom stereocenters. The molecule has 0 aliphatic carbocycles. The van der Waals surface area contributed by atoms with Crippen molar-refractivity contribution in [2.24, 2.45) is 0 Å². The van der Waals surface area contributed by atoms with Crippen LogP contribution in [0.4, 0.5) is 14.6 Å². The van der Waals surface area contributed by atoms with Crippen molar-refractivity contribution in [1.82, 2.24) is 24.9 Å². The molecule has 0 saturated heterocycles. The number of fused-ring (bicyclic) bond motifs is 2. The number of pyridine rings is 1. The van der Waals surface area contributed by atoms with Crippen LogP contribution in [0.3, 0.4) is 0 Å². The molecule has 3 heterocycles. The molecule has 36 heavy (non-hydrogen) atoms. The van der Waals surface area contributed by atoms with Gasteiger partial charge in [-0.3, -0.25) is 0 Å². The van der Waals surface area contributed by atoms with Gasteiger partial charge in [-0.2, -0.15) is 0 Å². The quantitative estimate of drug-likeness (QED) is 0.289. The Morgan fingerprint density at radius 3 is 2.39 bits per heavy atom. The summed E-state index contributed by atoms with van der Waals surface area (Å²) in [4.78, 5) is 20.8. The van der Waals surface area contributed by atoms with Crippen LogP contribution in [0, 0.1) is 11.6 Å². The molecular formula is C28H20F2N6. The van der Waals surface area contributed by atoms with E-state index in [-0.39, 0.29) is 17.7 Å². The van der Waals surface area contributed by atoms with Crippen LogP contribution in [-0.4, -0.2) is 24.9 Å². The highest BCUT2D eigenvalue weighted by atomic mass is 19.1. The average Bonchev–Trinajstić information content (AvgIpc) is 3.37. The van der Waals surface area contributed by atoms with E-state index in [1.54, 1.807) is 18.5 Å². The molecule has 0 amide bonds. The van der Waals surface area contributed by atoms with Crippen LogP contribution in [-0.2, 0) is 0 Å². The zero-order chi connectivity index (χ0) is 24.6. The highest BCUT2D eigenvalue weighted by Gasteiger charge is 2.19. The van der Waals surface area contributed by atoms with Gasteiger partial charge in [-0.25, -0.2) is 28.7 Å². The summed E-state index contributed by atoms with van der Waals surface area (Å²) in [5, 5.41) is 4.31. The average molecular weight is 479 g/mol. The molecule has 0 aliphatic heterocycles. The predicted molar refractivity (Wildman–Crippen MR) is 136 cm³/mol. The number of nitrogens with zero attached hydrogens (tertiary/aromatic N) is 4. The van der Waals surface area contributed by atoms with E-state index in [9.17, 15) is 8.78 Å². The Labute approximate surface area is 205 Å². The highest BCUT2D eigenvalue weighted by Crippen LogP contribution is 2.36. The monoisotopic (exact) mass is 478 g/mol. The van der Waals surface area contributed by atoms with Gasteiger partial charge in [0.05, 0.1) is 23.6 Å². The van der Waals surface area contributed by atoms with Gasteiger partial charge in [-0.05, 0) is 42.8 Å². The van der Waals surface area contributed by atoms with E-state index in [4.69, 9.17) is 4.98 Å². The molecule has 6 rings (SSSR count). The molecule has 0 bridgehead atoms. The number of aromatic nitrogens is 5. The van der Waals surface area contributed by atoms with Crippen molar-refractivity contribution >= 4 is 27.9 Å². The molecule has 3 aromatic heterocycles. The van der Waals surface area contributed by atoms with Gasteiger partial charge < -0.3 is 10.3 Å². The third-order valence-electron chi connectivity index (χ3n) is 6.15. The Hall–Kier alpha value is -4.72. The largest absolute Gasteiger partial charge is 0.362 e. The minimum atomic E-state index is -0.352. The summed E-state index contributed by atoms with van der Waals surface area (Å²) in [7, 11) is 0. The normalized spacial score (nSPS) is 12.2.